The minimum atomic E-state index is -0.453. The topological polar surface area (TPSA) is 57.2 Å². The van der Waals surface area contributed by atoms with Crippen molar-refractivity contribution in [1.29, 1.82) is 0 Å². The van der Waals surface area contributed by atoms with Gasteiger partial charge in [-0.2, -0.15) is 0 Å². The van der Waals surface area contributed by atoms with Crippen molar-refractivity contribution >= 4 is 39.3 Å². The highest BCUT2D eigenvalue weighted by Gasteiger charge is 2.18. The van der Waals surface area contributed by atoms with Gasteiger partial charge in [-0.1, -0.05) is 72.3 Å². The zero-order valence-corrected chi connectivity index (χ0v) is 18.0. The molecule has 0 fully saturated rings. The molecule has 0 spiro atoms. The predicted octanol–water partition coefficient (Wildman–Crippen LogP) is 6.17. The van der Waals surface area contributed by atoms with Crippen molar-refractivity contribution in [2.75, 3.05) is 0 Å². The zero-order chi connectivity index (χ0) is 22.1. The van der Waals surface area contributed by atoms with Crippen molar-refractivity contribution in [2.24, 2.45) is 5.73 Å². The second-order valence-electron chi connectivity index (χ2n) is 7.71. The van der Waals surface area contributed by atoms with Gasteiger partial charge < -0.3 is 15.0 Å². The van der Waals surface area contributed by atoms with E-state index in [-0.39, 0.29) is 0 Å². The zero-order valence-electron chi connectivity index (χ0n) is 17.3. The maximum atomic E-state index is 12.1. The largest absolute Gasteiger partial charge is 0.489 e. The van der Waals surface area contributed by atoms with Gasteiger partial charge in [0.2, 0.25) is 5.91 Å². The fourth-order valence-corrected chi connectivity index (χ4v) is 4.46. The maximum Gasteiger partial charge on any atom is 0.249 e. The normalized spacial score (nSPS) is 11.2. The summed E-state index contributed by atoms with van der Waals surface area (Å²) in [4.78, 5) is 12.1. The van der Waals surface area contributed by atoms with E-state index in [1.165, 1.54) is 0 Å². The molecule has 1 heterocycles. The number of carbonyl (C=O) groups excluding carboxylic acids is 1. The number of nitrogens with two attached hydrogens (primary N) is 1. The first-order valence-electron chi connectivity index (χ1n) is 10.4. The Balaban J connectivity index is 1.56. The van der Waals surface area contributed by atoms with E-state index in [2.05, 4.69) is 10.6 Å². The number of fused-ring (bicyclic) bond motifs is 3. The molecule has 2 N–H and O–H groups in total. The predicted molar refractivity (Wildman–Crippen MR) is 129 cm³/mol. The number of hydrogen-bond donors (Lipinski definition) is 1. The fourth-order valence-electron chi connectivity index (χ4n) is 4.19. The first-order chi connectivity index (χ1) is 15.6. The van der Waals surface area contributed by atoms with Gasteiger partial charge in [-0.25, -0.2) is 0 Å². The summed E-state index contributed by atoms with van der Waals surface area (Å²) in [5.74, 6) is 0.349. The van der Waals surface area contributed by atoms with Crippen molar-refractivity contribution in [2.45, 2.75) is 13.2 Å². The van der Waals surface area contributed by atoms with Crippen molar-refractivity contribution in [3.8, 4) is 5.75 Å². The molecule has 158 valence electrons. The van der Waals surface area contributed by atoms with Crippen LogP contribution < -0.4 is 10.5 Å². The Morgan fingerprint density at radius 1 is 0.875 bits per heavy atom. The van der Waals surface area contributed by atoms with E-state index in [1.54, 1.807) is 6.07 Å². The number of nitrogens with zero attached hydrogens (tertiary/aromatic N) is 1. The van der Waals surface area contributed by atoms with Gasteiger partial charge in [-0.15, -0.1) is 0 Å². The van der Waals surface area contributed by atoms with Gasteiger partial charge in [0.1, 0.15) is 12.4 Å². The van der Waals surface area contributed by atoms with Crippen LogP contribution in [-0.4, -0.2) is 10.5 Å². The van der Waals surface area contributed by atoms with Gasteiger partial charge in [0.05, 0.1) is 16.1 Å². The molecule has 0 atom stereocenters. The Morgan fingerprint density at radius 2 is 1.62 bits per heavy atom. The van der Waals surface area contributed by atoms with Crippen LogP contribution in [-0.2, 0) is 13.2 Å². The summed E-state index contributed by atoms with van der Waals surface area (Å²) in [7, 11) is 0. The molecule has 1 aromatic heterocycles. The summed E-state index contributed by atoms with van der Waals surface area (Å²) in [6.07, 6.45) is 0. The standard InChI is InChI=1S/C27H21ClN2O2/c28-23-13-5-11-21-25-22(27(29)31)12-6-14-24(25)30(26(21)23)16-19-9-4-10-20(15-19)32-17-18-7-2-1-3-8-18/h1-15H,16-17H2,(H2,29,31). The molecule has 0 saturated carbocycles. The second kappa shape index (κ2) is 8.40. The van der Waals surface area contributed by atoms with Gasteiger partial charge in [0.25, 0.3) is 0 Å². The molecule has 0 radical (unpaired) electrons. The van der Waals surface area contributed by atoms with Crippen LogP contribution >= 0.6 is 11.6 Å². The quantitative estimate of drug-likeness (QED) is 0.343. The number of benzene rings is 4. The van der Waals surface area contributed by atoms with Crippen LogP contribution in [0.15, 0.2) is 91.0 Å². The summed E-state index contributed by atoms with van der Waals surface area (Å²) in [5.41, 5.74) is 10.2. The van der Waals surface area contributed by atoms with E-state index in [0.29, 0.717) is 23.7 Å². The summed E-state index contributed by atoms with van der Waals surface area (Å²) in [6, 6.07) is 29.5. The van der Waals surface area contributed by atoms with Gasteiger partial charge in [-0.3, -0.25) is 4.79 Å². The van der Waals surface area contributed by atoms with Gasteiger partial charge in [0, 0.05) is 22.9 Å². The molecule has 5 heteroatoms. The first-order valence-corrected chi connectivity index (χ1v) is 10.7. The van der Waals surface area contributed by atoms with E-state index >= 15 is 0 Å². The number of amides is 1. The van der Waals surface area contributed by atoms with E-state index < -0.39 is 5.91 Å². The smallest absolute Gasteiger partial charge is 0.249 e. The molecule has 0 bridgehead atoms. The minimum absolute atomic E-state index is 0.453. The van der Waals surface area contributed by atoms with Crippen LogP contribution in [0.2, 0.25) is 5.02 Å². The van der Waals surface area contributed by atoms with E-state index in [1.807, 2.05) is 78.9 Å². The van der Waals surface area contributed by atoms with Gasteiger partial charge in [-0.05, 0) is 41.5 Å². The average molecular weight is 441 g/mol. The SMILES string of the molecule is NC(=O)c1cccc2c1c1cccc(Cl)c1n2Cc1cccc(OCc2ccccc2)c1. The van der Waals surface area contributed by atoms with Crippen molar-refractivity contribution < 1.29 is 9.53 Å². The Bertz CT molecular complexity index is 1440. The number of carbonyl (C=O) groups is 1. The van der Waals surface area contributed by atoms with Crippen LogP contribution in [0, 0.1) is 0 Å². The molecule has 0 aliphatic heterocycles. The van der Waals surface area contributed by atoms with Gasteiger partial charge in [0.15, 0.2) is 0 Å². The van der Waals surface area contributed by atoms with Crippen LogP contribution in [0.25, 0.3) is 21.8 Å². The molecule has 1 amide bonds. The highest BCUT2D eigenvalue weighted by atomic mass is 35.5. The Kier molecular flexibility index (Phi) is 5.29. The lowest BCUT2D eigenvalue weighted by molar-refractivity contribution is 0.100. The number of rotatable bonds is 6. The Morgan fingerprint density at radius 3 is 2.44 bits per heavy atom. The molecule has 0 aliphatic rings. The van der Waals surface area contributed by atoms with E-state index in [9.17, 15) is 4.79 Å². The highest BCUT2D eigenvalue weighted by molar-refractivity contribution is 6.37. The van der Waals surface area contributed by atoms with Crippen LogP contribution in [0.3, 0.4) is 0 Å². The lowest BCUT2D eigenvalue weighted by Gasteiger charge is -2.11. The number of para-hydroxylation sites is 1. The molecular formula is C27H21ClN2O2. The van der Waals surface area contributed by atoms with E-state index in [4.69, 9.17) is 22.1 Å². The fraction of sp³-hybridized carbons (Fsp3) is 0.0741. The van der Waals surface area contributed by atoms with Crippen LogP contribution in [0.4, 0.5) is 0 Å². The summed E-state index contributed by atoms with van der Waals surface area (Å²) >= 11 is 6.62. The molecular weight excluding hydrogens is 420 g/mol. The Hall–Kier alpha value is -3.76. The molecule has 5 rings (SSSR count). The van der Waals surface area contributed by atoms with Crippen LogP contribution in [0.1, 0.15) is 21.5 Å². The Labute approximate surface area is 190 Å². The number of hydrogen-bond acceptors (Lipinski definition) is 2. The molecule has 0 aliphatic carbocycles. The molecule has 5 aromatic rings. The summed E-state index contributed by atoms with van der Waals surface area (Å²) < 4.78 is 8.14. The highest BCUT2D eigenvalue weighted by Crippen LogP contribution is 2.36. The number of halogens is 1. The second-order valence-corrected chi connectivity index (χ2v) is 8.11. The average Bonchev–Trinajstić information content (AvgIpc) is 3.13. The third kappa shape index (κ3) is 3.70. The maximum absolute atomic E-state index is 12.1. The van der Waals surface area contributed by atoms with Crippen LogP contribution in [0.5, 0.6) is 5.75 Å². The lowest BCUT2D eigenvalue weighted by Crippen LogP contribution is -2.11. The molecule has 4 aromatic carbocycles. The minimum Gasteiger partial charge on any atom is -0.489 e. The van der Waals surface area contributed by atoms with Gasteiger partial charge >= 0.3 is 0 Å². The van der Waals surface area contributed by atoms with E-state index in [0.717, 1.165) is 38.7 Å². The number of aromatic nitrogens is 1. The lowest BCUT2D eigenvalue weighted by atomic mass is 10.1. The first kappa shape index (κ1) is 20.2. The third-order valence-corrected chi connectivity index (χ3v) is 5.92. The third-order valence-electron chi connectivity index (χ3n) is 5.61. The van der Waals surface area contributed by atoms with Crippen molar-refractivity contribution in [3.63, 3.8) is 0 Å². The number of primary amides is 1. The molecule has 4 nitrogen and oxygen atoms in total. The summed E-state index contributed by atoms with van der Waals surface area (Å²) in [6.45, 7) is 1.09. The van der Waals surface area contributed by atoms with Crippen molar-refractivity contribution in [1.82, 2.24) is 4.57 Å². The summed E-state index contributed by atoms with van der Waals surface area (Å²) in [5, 5.41) is 2.37. The van der Waals surface area contributed by atoms with Crippen molar-refractivity contribution in [3.05, 3.63) is 113 Å². The molecule has 32 heavy (non-hydrogen) atoms. The number of ether oxygens (including phenoxy) is 1. The molecule has 0 unspecified atom stereocenters. The molecule has 0 saturated heterocycles. The monoisotopic (exact) mass is 440 g/mol.